The molecule has 1 N–H and O–H groups in total. The number of amides is 1. The van der Waals surface area contributed by atoms with Crippen molar-refractivity contribution in [1.29, 1.82) is 0 Å². The number of carbonyl (C=O) groups excluding carboxylic acids is 1. The van der Waals surface area contributed by atoms with E-state index in [0.717, 1.165) is 5.56 Å². The summed E-state index contributed by atoms with van der Waals surface area (Å²) in [5.74, 6) is 0.0995. The molecule has 1 aliphatic rings. The van der Waals surface area contributed by atoms with Crippen molar-refractivity contribution in [3.63, 3.8) is 0 Å². The molecular weight excluding hydrogens is 250 g/mol. The van der Waals surface area contributed by atoms with E-state index in [0.29, 0.717) is 18.1 Å². The molecule has 0 spiro atoms. The maximum absolute atomic E-state index is 12.4. The normalized spacial score (nSPS) is 17.7. The number of aliphatic hydroxyl groups is 1. The highest BCUT2D eigenvalue weighted by Crippen LogP contribution is 2.30. The van der Waals surface area contributed by atoms with E-state index in [2.05, 4.69) is 0 Å². The molecule has 1 saturated heterocycles. The Labute approximate surface area is 112 Å². The number of rotatable bonds is 3. The number of aliphatic hydroxyl groups excluding tert-OH is 1. The van der Waals surface area contributed by atoms with Gasteiger partial charge in [-0.15, -0.1) is 0 Å². The van der Waals surface area contributed by atoms with Gasteiger partial charge < -0.3 is 10.0 Å². The first-order valence-corrected chi connectivity index (χ1v) is 6.59. The number of hydrogen-bond donors (Lipinski definition) is 1. The Morgan fingerprint density at radius 3 is 2.61 bits per heavy atom. The average molecular weight is 268 g/mol. The van der Waals surface area contributed by atoms with Crippen LogP contribution in [-0.2, 0) is 4.79 Å². The van der Waals surface area contributed by atoms with Gasteiger partial charge in [0.1, 0.15) is 0 Å². The van der Waals surface area contributed by atoms with Crippen molar-refractivity contribution in [3.05, 3.63) is 34.9 Å². The van der Waals surface area contributed by atoms with E-state index in [1.807, 2.05) is 32.0 Å². The van der Waals surface area contributed by atoms with Crippen LogP contribution >= 0.6 is 11.6 Å². The van der Waals surface area contributed by atoms with Crippen molar-refractivity contribution in [2.45, 2.75) is 25.9 Å². The number of likely N-dealkylation sites (tertiary alicyclic amines) is 1. The summed E-state index contributed by atoms with van der Waals surface area (Å²) in [6, 6.07) is 7.45. The lowest BCUT2D eigenvalue weighted by Gasteiger charge is -2.39. The molecule has 98 valence electrons. The Kier molecular flexibility index (Phi) is 3.93. The van der Waals surface area contributed by atoms with Crippen molar-refractivity contribution in [2.24, 2.45) is 5.92 Å². The monoisotopic (exact) mass is 267 g/mol. The smallest absolute Gasteiger partial charge is 0.230 e. The fourth-order valence-corrected chi connectivity index (χ4v) is 2.54. The summed E-state index contributed by atoms with van der Waals surface area (Å²) in [6.07, 6.45) is -0.360. The number of hydrogen-bond acceptors (Lipinski definition) is 2. The molecule has 1 unspecified atom stereocenters. The van der Waals surface area contributed by atoms with Crippen LogP contribution in [0.25, 0.3) is 0 Å². The van der Waals surface area contributed by atoms with E-state index in [-0.39, 0.29) is 23.8 Å². The van der Waals surface area contributed by atoms with Crippen molar-refractivity contribution >= 4 is 17.5 Å². The van der Waals surface area contributed by atoms with E-state index >= 15 is 0 Å². The first kappa shape index (κ1) is 13.4. The lowest BCUT2D eigenvalue weighted by Crippen LogP contribution is -2.55. The Morgan fingerprint density at radius 1 is 1.44 bits per heavy atom. The quantitative estimate of drug-likeness (QED) is 0.913. The molecule has 0 aliphatic carbocycles. The summed E-state index contributed by atoms with van der Waals surface area (Å²) < 4.78 is 0. The van der Waals surface area contributed by atoms with Gasteiger partial charge in [0.05, 0.1) is 12.0 Å². The maximum Gasteiger partial charge on any atom is 0.230 e. The van der Waals surface area contributed by atoms with Gasteiger partial charge in [0.25, 0.3) is 0 Å². The van der Waals surface area contributed by atoms with Gasteiger partial charge in [-0.25, -0.2) is 0 Å². The molecule has 2 rings (SSSR count). The molecule has 1 atom stereocenters. The summed E-state index contributed by atoms with van der Waals surface area (Å²) >= 11 is 5.98. The van der Waals surface area contributed by atoms with Gasteiger partial charge in [-0.05, 0) is 23.6 Å². The highest BCUT2D eigenvalue weighted by atomic mass is 35.5. The van der Waals surface area contributed by atoms with Crippen LogP contribution in [0.15, 0.2) is 24.3 Å². The molecule has 0 saturated carbocycles. The summed E-state index contributed by atoms with van der Waals surface area (Å²) in [7, 11) is 0. The lowest BCUT2D eigenvalue weighted by molar-refractivity contribution is -0.144. The van der Waals surface area contributed by atoms with Crippen molar-refractivity contribution < 1.29 is 9.90 Å². The summed E-state index contributed by atoms with van der Waals surface area (Å²) in [5.41, 5.74) is 0.948. The highest BCUT2D eigenvalue weighted by Gasteiger charge is 2.35. The first-order chi connectivity index (χ1) is 8.49. The molecule has 1 aromatic carbocycles. The Morgan fingerprint density at radius 2 is 2.11 bits per heavy atom. The summed E-state index contributed by atoms with van der Waals surface area (Å²) in [6.45, 7) is 4.95. The fraction of sp³-hybridized carbons (Fsp3) is 0.500. The topological polar surface area (TPSA) is 40.5 Å². The molecule has 18 heavy (non-hydrogen) atoms. The molecule has 1 aromatic rings. The van der Waals surface area contributed by atoms with Gasteiger partial charge in [0.2, 0.25) is 5.91 Å². The van der Waals surface area contributed by atoms with E-state index < -0.39 is 0 Å². The van der Waals surface area contributed by atoms with Crippen LogP contribution < -0.4 is 0 Å². The molecule has 1 fully saturated rings. The van der Waals surface area contributed by atoms with Crippen LogP contribution in [0, 0.1) is 5.92 Å². The fourth-order valence-electron chi connectivity index (χ4n) is 2.34. The second-order valence-corrected chi connectivity index (χ2v) is 5.61. The van der Waals surface area contributed by atoms with Gasteiger partial charge in [-0.1, -0.05) is 37.6 Å². The Balaban J connectivity index is 2.20. The molecular formula is C14H18ClNO2. The van der Waals surface area contributed by atoms with Gasteiger partial charge in [0.15, 0.2) is 0 Å². The average Bonchev–Trinajstić information content (AvgIpc) is 2.24. The van der Waals surface area contributed by atoms with Crippen molar-refractivity contribution in [2.75, 3.05) is 13.1 Å². The maximum atomic E-state index is 12.4. The predicted molar refractivity (Wildman–Crippen MR) is 71.6 cm³/mol. The third-order valence-corrected chi connectivity index (χ3v) is 3.55. The van der Waals surface area contributed by atoms with Gasteiger partial charge in [-0.3, -0.25) is 4.79 Å². The van der Waals surface area contributed by atoms with Gasteiger partial charge >= 0.3 is 0 Å². The number of carbonyl (C=O) groups is 1. The highest BCUT2D eigenvalue weighted by molar-refractivity contribution is 6.30. The zero-order valence-corrected chi connectivity index (χ0v) is 11.4. The van der Waals surface area contributed by atoms with Crippen LogP contribution in [0.2, 0.25) is 5.02 Å². The summed E-state index contributed by atoms with van der Waals surface area (Å²) in [5, 5.41) is 9.94. The number of halogens is 1. The molecule has 1 heterocycles. The SMILES string of the molecule is CC(C)C(C(=O)N1CC(O)C1)c1cccc(Cl)c1. The van der Waals surface area contributed by atoms with Crippen molar-refractivity contribution in [3.8, 4) is 0 Å². The minimum atomic E-state index is -0.360. The zero-order valence-electron chi connectivity index (χ0n) is 10.6. The molecule has 0 bridgehead atoms. The third kappa shape index (κ3) is 2.68. The van der Waals surface area contributed by atoms with Crippen molar-refractivity contribution in [1.82, 2.24) is 4.90 Å². The van der Waals surface area contributed by atoms with Crippen LogP contribution in [0.4, 0.5) is 0 Å². The Bertz CT molecular complexity index is 441. The number of nitrogens with zero attached hydrogens (tertiary/aromatic N) is 1. The number of β-amino-alcohol motifs (C(OH)–C–C–N with tert-alkyl or cyclic N) is 1. The largest absolute Gasteiger partial charge is 0.389 e. The molecule has 1 aliphatic heterocycles. The van der Waals surface area contributed by atoms with Crippen LogP contribution in [-0.4, -0.2) is 35.1 Å². The second kappa shape index (κ2) is 5.29. The standard InChI is InChI=1S/C14H18ClNO2/c1-9(2)13(10-4-3-5-11(15)6-10)14(18)16-7-12(17)8-16/h3-6,9,12-13,17H,7-8H2,1-2H3. The molecule has 1 amide bonds. The molecule has 0 aromatic heterocycles. The summed E-state index contributed by atoms with van der Waals surface area (Å²) in [4.78, 5) is 14.1. The first-order valence-electron chi connectivity index (χ1n) is 6.21. The molecule has 4 heteroatoms. The van der Waals surface area contributed by atoms with E-state index in [9.17, 15) is 9.90 Å². The molecule has 3 nitrogen and oxygen atoms in total. The van der Waals surface area contributed by atoms with Gasteiger partial charge in [-0.2, -0.15) is 0 Å². The van der Waals surface area contributed by atoms with Crippen LogP contribution in [0.5, 0.6) is 0 Å². The predicted octanol–water partition coefficient (Wildman–Crippen LogP) is 2.28. The van der Waals surface area contributed by atoms with E-state index in [1.165, 1.54) is 0 Å². The third-order valence-electron chi connectivity index (χ3n) is 3.31. The zero-order chi connectivity index (χ0) is 13.3. The van der Waals surface area contributed by atoms with E-state index in [1.54, 1.807) is 11.0 Å². The lowest BCUT2D eigenvalue weighted by atomic mass is 9.86. The van der Waals surface area contributed by atoms with Crippen LogP contribution in [0.3, 0.4) is 0 Å². The Hall–Kier alpha value is -1.06. The number of benzene rings is 1. The minimum Gasteiger partial charge on any atom is -0.389 e. The second-order valence-electron chi connectivity index (χ2n) is 5.17. The molecule has 0 radical (unpaired) electrons. The van der Waals surface area contributed by atoms with Crippen LogP contribution in [0.1, 0.15) is 25.3 Å². The minimum absolute atomic E-state index is 0.0811. The van der Waals surface area contributed by atoms with E-state index in [4.69, 9.17) is 11.6 Å². The van der Waals surface area contributed by atoms with Gasteiger partial charge in [0, 0.05) is 18.1 Å².